The molecule has 1 atom stereocenters. The number of nitrogens with one attached hydrogen (secondary N) is 1. The lowest BCUT2D eigenvalue weighted by Crippen LogP contribution is -2.28. The number of aromatic nitrogens is 3. The van der Waals surface area contributed by atoms with Crippen molar-refractivity contribution in [1.82, 2.24) is 20.1 Å². The minimum Gasteiger partial charge on any atom is -0.344 e. The number of benzene rings is 1. The smallest absolute Gasteiger partial charge is 0.251 e. The van der Waals surface area contributed by atoms with E-state index in [-0.39, 0.29) is 11.9 Å². The molecule has 3 rings (SSSR count). The van der Waals surface area contributed by atoms with Gasteiger partial charge in [-0.25, -0.2) is 0 Å². The van der Waals surface area contributed by atoms with Crippen molar-refractivity contribution in [2.75, 3.05) is 0 Å². The Morgan fingerprint density at radius 3 is 2.78 bits per heavy atom. The van der Waals surface area contributed by atoms with Crippen LogP contribution >= 0.6 is 11.3 Å². The fourth-order valence-electron chi connectivity index (χ4n) is 2.45. The van der Waals surface area contributed by atoms with Gasteiger partial charge in [0.05, 0.1) is 6.04 Å². The zero-order valence-electron chi connectivity index (χ0n) is 12.8. The first kappa shape index (κ1) is 15.4. The molecule has 0 saturated heterocycles. The number of carbonyl (C=O) groups is 1. The standard InChI is InChI=1S/C17H18N4OS/c1-2-5-15(16-8-4-9-23-16)20-17(22)13-6-3-7-14(10-13)21-11-18-19-12-21/h3-4,6-12,15H,2,5H2,1H3,(H,20,22)/t15-/m1/s1. The molecule has 6 heteroatoms. The first-order valence-corrected chi connectivity index (χ1v) is 8.45. The fourth-order valence-corrected chi connectivity index (χ4v) is 3.26. The molecule has 0 spiro atoms. The van der Waals surface area contributed by atoms with Gasteiger partial charge in [0.1, 0.15) is 12.7 Å². The predicted molar refractivity (Wildman–Crippen MR) is 90.8 cm³/mol. The van der Waals surface area contributed by atoms with Crippen LogP contribution in [-0.4, -0.2) is 20.7 Å². The maximum absolute atomic E-state index is 12.6. The van der Waals surface area contributed by atoms with Crippen LogP contribution in [0.4, 0.5) is 0 Å². The van der Waals surface area contributed by atoms with E-state index < -0.39 is 0 Å². The first-order chi connectivity index (χ1) is 11.3. The third-order valence-corrected chi connectivity index (χ3v) is 4.58. The molecule has 0 aliphatic carbocycles. The van der Waals surface area contributed by atoms with Gasteiger partial charge in [-0.2, -0.15) is 0 Å². The van der Waals surface area contributed by atoms with Gasteiger partial charge < -0.3 is 5.32 Å². The molecule has 5 nitrogen and oxygen atoms in total. The molecule has 118 valence electrons. The van der Waals surface area contributed by atoms with Crippen LogP contribution in [0.5, 0.6) is 0 Å². The van der Waals surface area contributed by atoms with Crippen LogP contribution in [0.1, 0.15) is 41.0 Å². The molecule has 1 amide bonds. The second-order valence-corrected chi connectivity index (χ2v) is 6.23. The van der Waals surface area contributed by atoms with Gasteiger partial charge in [-0.3, -0.25) is 9.36 Å². The van der Waals surface area contributed by atoms with Gasteiger partial charge in [-0.1, -0.05) is 25.5 Å². The zero-order valence-corrected chi connectivity index (χ0v) is 13.7. The van der Waals surface area contributed by atoms with E-state index in [2.05, 4.69) is 28.5 Å². The average molecular weight is 326 g/mol. The zero-order chi connectivity index (χ0) is 16.1. The molecule has 0 bridgehead atoms. The summed E-state index contributed by atoms with van der Waals surface area (Å²) in [6.45, 7) is 2.12. The number of carbonyl (C=O) groups excluding carboxylic acids is 1. The van der Waals surface area contributed by atoms with Crippen LogP contribution < -0.4 is 5.32 Å². The minimum atomic E-state index is -0.0632. The maximum Gasteiger partial charge on any atom is 0.251 e. The van der Waals surface area contributed by atoms with Crippen molar-refractivity contribution in [3.63, 3.8) is 0 Å². The van der Waals surface area contributed by atoms with Crippen molar-refractivity contribution < 1.29 is 4.79 Å². The molecule has 0 aliphatic heterocycles. The Hall–Kier alpha value is -2.47. The van der Waals surface area contributed by atoms with Crippen molar-refractivity contribution >= 4 is 17.2 Å². The molecule has 2 heterocycles. The summed E-state index contributed by atoms with van der Waals surface area (Å²) in [5.41, 5.74) is 1.50. The molecular formula is C17H18N4OS. The fraction of sp³-hybridized carbons (Fsp3) is 0.235. The Kier molecular flexibility index (Phi) is 4.83. The number of rotatable bonds is 6. The summed E-state index contributed by atoms with van der Waals surface area (Å²) in [5.74, 6) is -0.0632. The highest BCUT2D eigenvalue weighted by Gasteiger charge is 2.16. The molecule has 0 aliphatic rings. The van der Waals surface area contributed by atoms with Crippen molar-refractivity contribution in [2.45, 2.75) is 25.8 Å². The van der Waals surface area contributed by atoms with Gasteiger partial charge in [-0.05, 0) is 36.1 Å². The highest BCUT2D eigenvalue weighted by atomic mass is 32.1. The second-order valence-electron chi connectivity index (χ2n) is 5.25. The van der Waals surface area contributed by atoms with Crippen LogP contribution in [-0.2, 0) is 0 Å². The van der Waals surface area contributed by atoms with Crippen LogP contribution in [0.15, 0.2) is 54.4 Å². The van der Waals surface area contributed by atoms with Crippen LogP contribution in [0.2, 0.25) is 0 Å². The summed E-state index contributed by atoms with van der Waals surface area (Å²) < 4.78 is 1.78. The van der Waals surface area contributed by atoms with Gasteiger partial charge in [0, 0.05) is 16.1 Å². The van der Waals surface area contributed by atoms with Gasteiger partial charge in [0.2, 0.25) is 0 Å². The van der Waals surface area contributed by atoms with E-state index in [0.717, 1.165) is 18.5 Å². The van der Waals surface area contributed by atoms with E-state index in [1.165, 1.54) is 4.88 Å². The van der Waals surface area contributed by atoms with Crippen LogP contribution in [0, 0.1) is 0 Å². The number of amides is 1. The Bertz CT molecular complexity index is 753. The lowest BCUT2D eigenvalue weighted by molar-refractivity contribution is 0.0935. The van der Waals surface area contributed by atoms with Crippen molar-refractivity contribution in [3.8, 4) is 5.69 Å². The van der Waals surface area contributed by atoms with Crippen LogP contribution in [0.3, 0.4) is 0 Å². The summed E-state index contributed by atoms with van der Waals surface area (Å²) in [6, 6.07) is 11.6. The normalized spacial score (nSPS) is 12.0. The van der Waals surface area contributed by atoms with Gasteiger partial charge in [0.25, 0.3) is 5.91 Å². The molecular weight excluding hydrogens is 308 g/mol. The minimum absolute atomic E-state index is 0.0612. The highest BCUT2D eigenvalue weighted by Crippen LogP contribution is 2.23. The molecule has 2 aromatic heterocycles. The van der Waals surface area contributed by atoms with E-state index >= 15 is 0 Å². The van der Waals surface area contributed by atoms with Gasteiger partial charge in [0.15, 0.2) is 0 Å². The van der Waals surface area contributed by atoms with E-state index in [4.69, 9.17) is 0 Å². The number of nitrogens with zero attached hydrogens (tertiary/aromatic N) is 3. The van der Waals surface area contributed by atoms with Gasteiger partial charge in [-0.15, -0.1) is 21.5 Å². The molecule has 23 heavy (non-hydrogen) atoms. The van der Waals surface area contributed by atoms with E-state index in [0.29, 0.717) is 5.56 Å². The van der Waals surface area contributed by atoms with E-state index in [1.807, 2.05) is 35.7 Å². The third-order valence-electron chi connectivity index (χ3n) is 3.59. The third kappa shape index (κ3) is 3.65. The molecule has 0 saturated carbocycles. The summed E-state index contributed by atoms with van der Waals surface area (Å²) >= 11 is 1.67. The summed E-state index contributed by atoms with van der Waals surface area (Å²) in [5, 5.41) is 12.8. The Morgan fingerprint density at radius 1 is 1.26 bits per heavy atom. The van der Waals surface area contributed by atoms with E-state index in [9.17, 15) is 4.79 Å². The van der Waals surface area contributed by atoms with Crippen molar-refractivity contribution in [1.29, 1.82) is 0 Å². The molecule has 1 aromatic carbocycles. The predicted octanol–water partition coefficient (Wildman–Crippen LogP) is 3.60. The maximum atomic E-state index is 12.6. The second kappa shape index (κ2) is 7.19. The molecule has 0 radical (unpaired) electrons. The molecule has 1 N–H and O–H groups in total. The summed E-state index contributed by atoms with van der Waals surface area (Å²) in [7, 11) is 0. The quantitative estimate of drug-likeness (QED) is 0.753. The first-order valence-electron chi connectivity index (χ1n) is 7.57. The van der Waals surface area contributed by atoms with Crippen LogP contribution in [0.25, 0.3) is 5.69 Å². The van der Waals surface area contributed by atoms with E-state index in [1.54, 1.807) is 28.6 Å². The summed E-state index contributed by atoms with van der Waals surface area (Å²) in [4.78, 5) is 13.8. The van der Waals surface area contributed by atoms with Crippen molar-refractivity contribution in [2.24, 2.45) is 0 Å². The SMILES string of the molecule is CCC[C@@H](NC(=O)c1cccc(-n2cnnc2)c1)c1cccs1. The Morgan fingerprint density at radius 2 is 2.09 bits per heavy atom. The summed E-state index contributed by atoms with van der Waals surface area (Å²) in [6.07, 6.45) is 5.17. The van der Waals surface area contributed by atoms with Gasteiger partial charge >= 0.3 is 0 Å². The largest absolute Gasteiger partial charge is 0.344 e. The monoisotopic (exact) mass is 326 g/mol. The lowest BCUT2D eigenvalue weighted by Gasteiger charge is -2.17. The Labute approximate surface area is 139 Å². The average Bonchev–Trinajstić information content (AvgIpc) is 3.28. The number of hydrogen-bond acceptors (Lipinski definition) is 4. The lowest BCUT2D eigenvalue weighted by atomic mass is 10.1. The number of thiophene rings is 1. The molecule has 3 aromatic rings. The molecule has 0 fully saturated rings. The highest BCUT2D eigenvalue weighted by molar-refractivity contribution is 7.10. The molecule has 0 unspecified atom stereocenters. The Balaban J connectivity index is 1.78. The topological polar surface area (TPSA) is 59.8 Å². The number of hydrogen-bond donors (Lipinski definition) is 1. The van der Waals surface area contributed by atoms with Crippen molar-refractivity contribution in [3.05, 3.63) is 64.9 Å².